The van der Waals surface area contributed by atoms with E-state index in [0.717, 1.165) is 19.3 Å². The molecule has 0 aliphatic heterocycles. The fourth-order valence-corrected chi connectivity index (χ4v) is 1.90. The quantitative estimate of drug-likeness (QED) is 0.465. The van der Waals surface area contributed by atoms with E-state index in [2.05, 4.69) is 13.8 Å². The highest BCUT2D eigenvalue weighted by molar-refractivity contribution is 6.18. The van der Waals surface area contributed by atoms with Crippen molar-refractivity contribution in [2.45, 2.75) is 46.1 Å². The molecular formula is C12H24ClNO2. The molecular weight excluding hydrogens is 226 g/mol. The Bertz CT molecular complexity index is 184. The number of nitrogens with zero attached hydrogens (tertiary/aromatic N) is 1. The number of carbonyl (C=O) groups is 1. The standard InChI is InChI=1S/C12H24ClNO2/c1-4-9-16-10-12(15)14(8-7-13)11(5-2)6-3/h11H,4-10H2,1-3H3. The van der Waals surface area contributed by atoms with E-state index >= 15 is 0 Å². The van der Waals surface area contributed by atoms with Gasteiger partial charge in [-0.3, -0.25) is 4.79 Å². The number of rotatable bonds is 9. The van der Waals surface area contributed by atoms with Crippen LogP contribution in [0.3, 0.4) is 0 Å². The van der Waals surface area contributed by atoms with Gasteiger partial charge in [-0.1, -0.05) is 20.8 Å². The first-order valence-electron chi connectivity index (χ1n) is 6.14. The maximum atomic E-state index is 11.9. The fraction of sp³-hybridized carbons (Fsp3) is 0.917. The van der Waals surface area contributed by atoms with Crippen LogP contribution in [0.25, 0.3) is 0 Å². The van der Waals surface area contributed by atoms with Crippen molar-refractivity contribution in [3.05, 3.63) is 0 Å². The average molecular weight is 250 g/mol. The van der Waals surface area contributed by atoms with Gasteiger partial charge in [-0.05, 0) is 19.3 Å². The monoisotopic (exact) mass is 249 g/mol. The highest BCUT2D eigenvalue weighted by atomic mass is 35.5. The zero-order valence-corrected chi connectivity index (χ0v) is 11.4. The van der Waals surface area contributed by atoms with Crippen LogP contribution >= 0.6 is 11.6 Å². The Balaban J connectivity index is 4.21. The molecule has 96 valence electrons. The van der Waals surface area contributed by atoms with Gasteiger partial charge in [0.05, 0.1) is 0 Å². The fourth-order valence-electron chi connectivity index (χ4n) is 1.72. The first-order valence-corrected chi connectivity index (χ1v) is 6.67. The Morgan fingerprint density at radius 2 is 1.94 bits per heavy atom. The molecule has 0 radical (unpaired) electrons. The lowest BCUT2D eigenvalue weighted by Crippen LogP contribution is -2.43. The van der Waals surface area contributed by atoms with Crippen LogP contribution in [-0.4, -0.2) is 42.5 Å². The summed E-state index contributed by atoms with van der Waals surface area (Å²) in [5.74, 6) is 0.540. The first kappa shape index (κ1) is 15.7. The summed E-state index contributed by atoms with van der Waals surface area (Å²) in [6.07, 6.45) is 2.87. The van der Waals surface area contributed by atoms with Crippen LogP contribution in [0.2, 0.25) is 0 Å². The minimum Gasteiger partial charge on any atom is -0.372 e. The second-order valence-corrected chi connectivity index (χ2v) is 4.18. The molecule has 0 aromatic carbocycles. The summed E-state index contributed by atoms with van der Waals surface area (Å²) in [5, 5.41) is 0. The van der Waals surface area contributed by atoms with E-state index in [9.17, 15) is 4.79 Å². The summed E-state index contributed by atoms with van der Waals surface area (Å²) >= 11 is 5.72. The van der Waals surface area contributed by atoms with E-state index in [4.69, 9.17) is 16.3 Å². The minimum atomic E-state index is 0.0581. The maximum absolute atomic E-state index is 11.9. The minimum absolute atomic E-state index is 0.0581. The van der Waals surface area contributed by atoms with E-state index in [1.54, 1.807) is 0 Å². The van der Waals surface area contributed by atoms with E-state index < -0.39 is 0 Å². The molecule has 0 saturated heterocycles. The van der Waals surface area contributed by atoms with Crippen molar-refractivity contribution in [1.29, 1.82) is 0 Å². The third-order valence-corrected chi connectivity index (χ3v) is 2.77. The van der Waals surface area contributed by atoms with Crippen molar-refractivity contribution in [2.24, 2.45) is 0 Å². The number of ether oxygens (including phenoxy) is 1. The molecule has 0 unspecified atom stereocenters. The Kier molecular flexibility index (Phi) is 9.74. The van der Waals surface area contributed by atoms with Gasteiger partial charge in [-0.25, -0.2) is 0 Å². The van der Waals surface area contributed by atoms with Gasteiger partial charge in [0.1, 0.15) is 6.61 Å². The third-order valence-electron chi connectivity index (χ3n) is 2.60. The second-order valence-electron chi connectivity index (χ2n) is 3.80. The van der Waals surface area contributed by atoms with Gasteiger partial charge in [0, 0.05) is 25.1 Å². The zero-order chi connectivity index (χ0) is 12.4. The predicted molar refractivity (Wildman–Crippen MR) is 67.9 cm³/mol. The number of amides is 1. The van der Waals surface area contributed by atoms with Gasteiger partial charge in [0.15, 0.2) is 0 Å². The van der Waals surface area contributed by atoms with E-state index in [1.165, 1.54) is 0 Å². The molecule has 1 amide bonds. The first-order chi connectivity index (χ1) is 7.71. The number of alkyl halides is 1. The van der Waals surface area contributed by atoms with Crippen molar-refractivity contribution in [3.8, 4) is 0 Å². The predicted octanol–water partition coefficient (Wildman–Crippen LogP) is 2.67. The summed E-state index contributed by atoms with van der Waals surface area (Å²) in [5.41, 5.74) is 0. The highest BCUT2D eigenvalue weighted by Crippen LogP contribution is 2.09. The highest BCUT2D eigenvalue weighted by Gasteiger charge is 2.20. The SMILES string of the molecule is CCCOCC(=O)N(CCCl)C(CC)CC. The van der Waals surface area contributed by atoms with Gasteiger partial charge in [-0.15, -0.1) is 11.6 Å². The number of hydrogen-bond donors (Lipinski definition) is 0. The Labute approximate surface area is 104 Å². The Hall–Kier alpha value is -0.280. The molecule has 0 aliphatic rings. The molecule has 4 heteroatoms. The molecule has 0 rings (SSSR count). The lowest BCUT2D eigenvalue weighted by molar-refractivity contribution is -0.138. The van der Waals surface area contributed by atoms with Crippen molar-refractivity contribution in [1.82, 2.24) is 4.90 Å². The number of carbonyl (C=O) groups excluding carboxylic acids is 1. The van der Waals surface area contributed by atoms with Crippen LogP contribution in [0.1, 0.15) is 40.0 Å². The maximum Gasteiger partial charge on any atom is 0.248 e. The normalized spacial score (nSPS) is 10.8. The van der Waals surface area contributed by atoms with Crippen LogP contribution in [0.4, 0.5) is 0 Å². The molecule has 0 heterocycles. The molecule has 0 saturated carbocycles. The van der Waals surface area contributed by atoms with Crippen molar-refractivity contribution in [3.63, 3.8) is 0 Å². The van der Waals surface area contributed by atoms with Gasteiger partial charge in [0.25, 0.3) is 0 Å². The van der Waals surface area contributed by atoms with Crippen molar-refractivity contribution >= 4 is 17.5 Å². The molecule has 0 bridgehead atoms. The van der Waals surface area contributed by atoms with Gasteiger partial charge in [-0.2, -0.15) is 0 Å². The van der Waals surface area contributed by atoms with Crippen LogP contribution in [0.15, 0.2) is 0 Å². The van der Waals surface area contributed by atoms with E-state index in [0.29, 0.717) is 19.0 Å². The van der Waals surface area contributed by atoms with Gasteiger partial charge < -0.3 is 9.64 Å². The van der Waals surface area contributed by atoms with E-state index in [1.807, 2.05) is 11.8 Å². The Morgan fingerprint density at radius 1 is 1.31 bits per heavy atom. The summed E-state index contributed by atoms with van der Waals surface area (Å²) in [6, 6.07) is 0.288. The zero-order valence-electron chi connectivity index (χ0n) is 10.7. The van der Waals surface area contributed by atoms with E-state index in [-0.39, 0.29) is 18.6 Å². The summed E-state index contributed by atoms with van der Waals surface area (Å²) < 4.78 is 5.28. The molecule has 0 spiro atoms. The molecule has 3 nitrogen and oxygen atoms in total. The summed E-state index contributed by atoms with van der Waals surface area (Å²) in [6.45, 7) is 7.65. The average Bonchev–Trinajstić information content (AvgIpc) is 2.29. The number of halogens is 1. The molecule has 0 aromatic rings. The lowest BCUT2D eigenvalue weighted by atomic mass is 10.1. The molecule has 0 fully saturated rings. The third kappa shape index (κ3) is 5.71. The molecule has 16 heavy (non-hydrogen) atoms. The Morgan fingerprint density at radius 3 is 2.38 bits per heavy atom. The smallest absolute Gasteiger partial charge is 0.248 e. The second kappa shape index (κ2) is 9.91. The summed E-state index contributed by atoms with van der Waals surface area (Å²) in [7, 11) is 0. The lowest BCUT2D eigenvalue weighted by Gasteiger charge is -2.29. The van der Waals surface area contributed by atoms with Gasteiger partial charge >= 0.3 is 0 Å². The largest absolute Gasteiger partial charge is 0.372 e. The summed E-state index contributed by atoms with van der Waals surface area (Å²) in [4.78, 5) is 13.8. The van der Waals surface area contributed by atoms with Crippen molar-refractivity contribution in [2.75, 3.05) is 25.6 Å². The number of hydrogen-bond acceptors (Lipinski definition) is 2. The molecule has 0 aliphatic carbocycles. The van der Waals surface area contributed by atoms with Crippen LogP contribution < -0.4 is 0 Å². The topological polar surface area (TPSA) is 29.5 Å². The molecule has 0 atom stereocenters. The molecule has 0 N–H and O–H groups in total. The van der Waals surface area contributed by atoms with Gasteiger partial charge in [0.2, 0.25) is 5.91 Å². The van der Waals surface area contributed by atoms with Crippen molar-refractivity contribution < 1.29 is 9.53 Å². The van der Waals surface area contributed by atoms with Crippen LogP contribution in [0.5, 0.6) is 0 Å². The molecule has 0 aromatic heterocycles. The van der Waals surface area contributed by atoms with Crippen LogP contribution in [-0.2, 0) is 9.53 Å². The van der Waals surface area contributed by atoms with Crippen LogP contribution in [0, 0.1) is 0 Å².